The van der Waals surface area contributed by atoms with Crippen LogP contribution in [0.2, 0.25) is 0 Å². The summed E-state index contributed by atoms with van der Waals surface area (Å²) >= 11 is 0. The largest absolute Gasteiger partial charge is 0.251 e. The predicted molar refractivity (Wildman–Crippen MR) is 99.4 cm³/mol. The minimum Gasteiger partial charge on any atom is -0.251 e. The Bertz CT molecular complexity index is 306. The van der Waals surface area contributed by atoms with Crippen LogP contribution in [0.3, 0.4) is 0 Å². The topological polar surface area (TPSA) is 0 Å². The first kappa shape index (κ1) is 19.0. The fraction of sp³-hybridized carbons (Fsp3) is 0.909. The monoisotopic (exact) mass is 322 g/mol. The van der Waals surface area contributed by atoms with Crippen molar-refractivity contribution in [2.75, 3.05) is 6.67 Å². The molecule has 0 atom stereocenters. The van der Waals surface area contributed by atoms with E-state index in [0.29, 0.717) is 6.42 Å². The summed E-state index contributed by atoms with van der Waals surface area (Å²) in [4.78, 5) is 0. The van der Waals surface area contributed by atoms with Gasteiger partial charge in [-0.15, -0.1) is 0 Å². The van der Waals surface area contributed by atoms with Crippen molar-refractivity contribution in [1.82, 2.24) is 0 Å². The van der Waals surface area contributed by atoms with E-state index in [2.05, 4.69) is 19.1 Å². The second kappa shape index (κ2) is 11.3. The highest BCUT2D eigenvalue weighted by molar-refractivity contribution is 4.92. The Balaban J connectivity index is 1.60. The minimum absolute atomic E-state index is 0.168. The van der Waals surface area contributed by atoms with Gasteiger partial charge in [-0.2, -0.15) is 0 Å². The number of alkyl halides is 1. The number of unbranched alkanes of at least 4 members (excludes halogenated alkanes) is 3. The van der Waals surface area contributed by atoms with Crippen molar-refractivity contribution in [3.05, 3.63) is 12.2 Å². The van der Waals surface area contributed by atoms with Crippen LogP contribution in [0.5, 0.6) is 0 Å². The highest BCUT2D eigenvalue weighted by Crippen LogP contribution is 2.42. The molecule has 2 fully saturated rings. The Hall–Kier alpha value is -0.330. The molecule has 0 aromatic carbocycles. The number of allylic oxidation sites excluding steroid dienone is 2. The molecule has 2 saturated carbocycles. The Kier molecular flexibility index (Phi) is 9.31. The summed E-state index contributed by atoms with van der Waals surface area (Å²) in [6.07, 6.45) is 23.7. The fourth-order valence-electron chi connectivity index (χ4n) is 4.92. The Morgan fingerprint density at radius 1 is 0.826 bits per heavy atom. The summed E-state index contributed by atoms with van der Waals surface area (Å²) in [6, 6.07) is 0. The van der Waals surface area contributed by atoms with E-state index in [0.717, 1.165) is 30.1 Å². The van der Waals surface area contributed by atoms with Gasteiger partial charge in [0.05, 0.1) is 6.67 Å². The quantitative estimate of drug-likeness (QED) is 0.305. The van der Waals surface area contributed by atoms with Crippen LogP contribution in [0, 0.1) is 23.7 Å². The lowest BCUT2D eigenvalue weighted by Crippen LogP contribution is -2.25. The van der Waals surface area contributed by atoms with E-state index in [1.165, 1.54) is 77.0 Å². The third kappa shape index (κ3) is 6.98. The molecule has 1 heteroatoms. The molecule has 0 N–H and O–H groups in total. The van der Waals surface area contributed by atoms with Gasteiger partial charge in [0.2, 0.25) is 0 Å². The molecular formula is C22H39F. The van der Waals surface area contributed by atoms with Crippen LogP contribution >= 0.6 is 0 Å². The molecule has 0 aromatic rings. The molecule has 0 saturated heterocycles. The number of halogens is 1. The minimum atomic E-state index is -0.168. The van der Waals surface area contributed by atoms with Gasteiger partial charge in [-0.25, -0.2) is 0 Å². The molecule has 0 aromatic heterocycles. The second-order valence-electron chi connectivity index (χ2n) is 8.21. The molecule has 0 aliphatic heterocycles. The number of hydrogen-bond acceptors (Lipinski definition) is 0. The maximum atomic E-state index is 12.1. The molecule has 0 bridgehead atoms. The highest BCUT2D eigenvalue weighted by atomic mass is 19.1. The van der Waals surface area contributed by atoms with Crippen molar-refractivity contribution in [3.63, 3.8) is 0 Å². The van der Waals surface area contributed by atoms with Crippen LogP contribution in [0.4, 0.5) is 4.39 Å². The zero-order chi connectivity index (χ0) is 16.3. The van der Waals surface area contributed by atoms with Crippen LogP contribution in [0.15, 0.2) is 12.2 Å². The lowest BCUT2D eigenvalue weighted by molar-refractivity contribution is 0.151. The summed E-state index contributed by atoms with van der Waals surface area (Å²) < 4.78 is 12.1. The van der Waals surface area contributed by atoms with Gasteiger partial charge >= 0.3 is 0 Å². The third-order valence-corrected chi connectivity index (χ3v) is 6.50. The lowest BCUT2D eigenvalue weighted by atomic mass is 9.68. The molecular weight excluding hydrogens is 283 g/mol. The van der Waals surface area contributed by atoms with Crippen LogP contribution in [-0.4, -0.2) is 6.67 Å². The summed E-state index contributed by atoms with van der Waals surface area (Å²) in [7, 11) is 0. The molecule has 0 amide bonds. The van der Waals surface area contributed by atoms with Gasteiger partial charge in [-0.3, -0.25) is 4.39 Å². The van der Waals surface area contributed by atoms with Gasteiger partial charge in [-0.1, -0.05) is 57.6 Å². The molecule has 0 unspecified atom stereocenters. The molecule has 0 nitrogen and oxygen atoms in total. The maximum absolute atomic E-state index is 12.1. The molecule has 0 spiro atoms. The van der Waals surface area contributed by atoms with E-state index in [1.54, 1.807) is 0 Å². The number of rotatable bonds is 9. The summed E-state index contributed by atoms with van der Waals surface area (Å²) in [6.45, 7) is 2.14. The molecule has 2 aliphatic rings. The van der Waals surface area contributed by atoms with Gasteiger partial charge in [0.1, 0.15) is 0 Å². The van der Waals surface area contributed by atoms with E-state index >= 15 is 0 Å². The average Bonchev–Trinajstić information content (AvgIpc) is 2.60. The summed E-state index contributed by atoms with van der Waals surface area (Å²) in [5.74, 6) is 3.89. The molecule has 23 heavy (non-hydrogen) atoms. The van der Waals surface area contributed by atoms with E-state index in [9.17, 15) is 4.39 Å². The van der Waals surface area contributed by atoms with Crippen molar-refractivity contribution in [1.29, 1.82) is 0 Å². The van der Waals surface area contributed by atoms with Gasteiger partial charge < -0.3 is 0 Å². The summed E-state index contributed by atoms with van der Waals surface area (Å²) in [5, 5.41) is 0. The van der Waals surface area contributed by atoms with Crippen molar-refractivity contribution in [3.8, 4) is 0 Å². The van der Waals surface area contributed by atoms with E-state index < -0.39 is 0 Å². The Morgan fingerprint density at radius 2 is 1.48 bits per heavy atom. The van der Waals surface area contributed by atoms with Gasteiger partial charge in [0, 0.05) is 0 Å². The first-order valence-electron chi connectivity index (χ1n) is 10.6. The maximum Gasteiger partial charge on any atom is 0.0897 e. The van der Waals surface area contributed by atoms with Crippen LogP contribution in [0.1, 0.15) is 96.8 Å². The average molecular weight is 323 g/mol. The van der Waals surface area contributed by atoms with Crippen LogP contribution in [0.25, 0.3) is 0 Å². The van der Waals surface area contributed by atoms with E-state index in [1.807, 2.05) is 0 Å². The second-order valence-corrected chi connectivity index (χ2v) is 8.21. The van der Waals surface area contributed by atoms with Crippen molar-refractivity contribution < 1.29 is 4.39 Å². The predicted octanol–water partition coefficient (Wildman–Crippen LogP) is 7.49. The normalized spacial score (nSPS) is 32.4. The Morgan fingerprint density at radius 3 is 2.09 bits per heavy atom. The fourth-order valence-corrected chi connectivity index (χ4v) is 4.92. The zero-order valence-corrected chi connectivity index (χ0v) is 15.4. The van der Waals surface area contributed by atoms with Gasteiger partial charge in [0.25, 0.3) is 0 Å². The molecule has 0 heterocycles. The van der Waals surface area contributed by atoms with Crippen LogP contribution in [-0.2, 0) is 0 Å². The molecule has 2 aliphatic carbocycles. The molecule has 2 rings (SSSR count). The Labute approximate surface area is 144 Å². The number of hydrogen-bond donors (Lipinski definition) is 0. The third-order valence-electron chi connectivity index (χ3n) is 6.50. The van der Waals surface area contributed by atoms with Crippen molar-refractivity contribution >= 4 is 0 Å². The summed E-state index contributed by atoms with van der Waals surface area (Å²) in [5.41, 5.74) is 0. The first-order chi connectivity index (χ1) is 11.3. The smallest absolute Gasteiger partial charge is 0.0897 e. The van der Waals surface area contributed by atoms with E-state index in [-0.39, 0.29) is 6.67 Å². The van der Waals surface area contributed by atoms with E-state index in [4.69, 9.17) is 0 Å². The van der Waals surface area contributed by atoms with Gasteiger partial charge in [0.15, 0.2) is 0 Å². The molecule has 0 radical (unpaired) electrons. The van der Waals surface area contributed by atoms with Crippen LogP contribution < -0.4 is 0 Å². The lowest BCUT2D eigenvalue weighted by Gasteiger charge is -2.37. The van der Waals surface area contributed by atoms with Crippen molar-refractivity contribution in [2.45, 2.75) is 96.8 Å². The standard InChI is InChI=1S/C22H39F/c1-2-3-5-8-19-10-14-21(15-11-19)22-16-12-20(13-17-22)9-6-4-7-18-23/h6,9,19-22H,2-5,7-8,10-18H2,1H3/b9-6+/t19?,20-,21?,22-. The van der Waals surface area contributed by atoms with Gasteiger partial charge in [-0.05, 0) is 75.0 Å². The molecule has 134 valence electrons. The SMILES string of the molecule is CCCCCC1CCC([C@H]2CC[C@H](/C=C/CCCF)CC2)CC1. The first-order valence-corrected chi connectivity index (χ1v) is 10.6. The zero-order valence-electron chi connectivity index (χ0n) is 15.4. The highest BCUT2D eigenvalue weighted by Gasteiger charge is 2.30. The van der Waals surface area contributed by atoms with Crippen molar-refractivity contribution in [2.24, 2.45) is 23.7 Å².